The van der Waals surface area contributed by atoms with Crippen LogP contribution in [-0.4, -0.2) is 87.3 Å². The van der Waals surface area contributed by atoms with E-state index in [0.29, 0.717) is 19.6 Å². The van der Waals surface area contributed by atoms with Gasteiger partial charge in [0.05, 0.1) is 25.4 Å². The number of hydrogen-bond donors (Lipinski definition) is 2. The van der Waals surface area contributed by atoms with E-state index in [2.05, 4.69) is 10.2 Å². The number of amides is 1. The second-order valence-corrected chi connectivity index (χ2v) is 6.72. The maximum atomic E-state index is 12.2. The van der Waals surface area contributed by atoms with E-state index >= 15 is 0 Å². The number of nitrogens with one attached hydrogen (secondary N) is 1. The topological polar surface area (TPSA) is 80.3 Å². The Morgan fingerprint density at radius 1 is 1.12 bits per heavy atom. The third kappa shape index (κ3) is 6.64. The van der Waals surface area contributed by atoms with Crippen LogP contribution in [0.25, 0.3) is 0 Å². The molecule has 1 aliphatic heterocycles. The van der Waals surface area contributed by atoms with E-state index in [1.807, 2.05) is 0 Å². The Morgan fingerprint density at radius 2 is 1.79 bits per heavy atom. The average molecular weight is 344 g/mol. The van der Waals surface area contributed by atoms with Crippen molar-refractivity contribution in [2.24, 2.45) is 0 Å². The molecule has 140 valence electrons. The van der Waals surface area contributed by atoms with Gasteiger partial charge in [-0.15, -0.1) is 0 Å². The molecule has 1 amide bonds. The quantitative estimate of drug-likeness (QED) is 0.556. The second kappa shape index (κ2) is 10.3. The van der Waals surface area contributed by atoms with Gasteiger partial charge in [0, 0.05) is 39.9 Å². The third-order valence-electron chi connectivity index (χ3n) is 4.65. The maximum absolute atomic E-state index is 12.2. The zero-order chi connectivity index (χ0) is 17.4. The zero-order valence-corrected chi connectivity index (χ0v) is 14.9. The molecule has 0 aromatic rings. The van der Waals surface area contributed by atoms with E-state index in [-0.39, 0.29) is 18.1 Å². The van der Waals surface area contributed by atoms with Crippen molar-refractivity contribution in [3.8, 4) is 0 Å². The first-order valence-electron chi connectivity index (χ1n) is 8.98. The molecule has 0 aromatic carbocycles. The van der Waals surface area contributed by atoms with Gasteiger partial charge in [0.1, 0.15) is 0 Å². The summed E-state index contributed by atoms with van der Waals surface area (Å²) in [6, 6.07) is 0.284. The lowest BCUT2D eigenvalue weighted by Gasteiger charge is -2.34. The molecule has 24 heavy (non-hydrogen) atoms. The first kappa shape index (κ1) is 19.6. The monoisotopic (exact) mass is 344 g/mol. The predicted molar refractivity (Wildman–Crippen MR) is 89.9 cm³/mol. The molecule has 2 aliphatic rings. The summed E-state index contributed by atoms with van der Waals surface area (Å²) >= 11 is 0. The molecule has 1 heterocycles. The molecule has 7 nitrogen and oxygen atoms in total. The van der Waals surface area contributed by atoms with Crippen molar-refractivity contribution in [1.82, 2.24) is 10.2 Å². The van der Waals surface area contributed by atoms with E-state index in [1.165, 1.54) is 0 Å². The van der Waals surface area contributed by atoms with Crippen LogP contribution in [0.3, 0.4) is 0 Å². The fraction of sp³-hybridized carbons (Fsp3) is 0.941. The van der Waals surface area contributed by atoms with Crippen LogP contribution >= 0.6 is 0 Å². The second-order valence-electron chi connectivity index (χ2n) is 6.72. The van der Waals surface area contributed by atoms with E-state index in [9.17, 15) is 9.90 Å². The van der Waals surface area contributed by atoms with E-state index in [4.69, 9.17) is 14.2 Å². The third-order valence-corrected chi connectivity index (χ3v) is 4.65. The number of carbonyl (C=O) groups is 1. The Labute approximate surface area is 144 Å². The van der Waals surface area contributed by atoms with Crippen molar-refractivity contribution < 1.29 is 24.1 Å². The summed E-state index contributed by atoms with van der Waals surface area (Å²) in [7, 11) is 3.40. The number of aliphatic hydroxyl groups excluding tert-OH is 1. The van der Waals surface area contributed by atoms with Crippen LogP contribution in [0, 0.1) is 0 Å². The molecule has 0 aromatic heterocycles. The number of hydrogen-bond acceptors (Lipinski definition) is 6. The number of rotatable bonds is 11. The molecule has 0 bridgehead atoms. The molecule has 2 N–H and O–H groups in total. The first-order chi connectivity index (χ1) is 11.6. The van der Waals surface area contributed by atoms with Crippen molar-refractivity contribution in [2.45, 2.75) is 56.5 Å². The fourth-order valence-corrected chi connectivity index (χ4v) is 2.94. The molecule has 2 rings (SSSR count). The summed E-state index contributed by atoms with van der Waals surface area (Å²) in [4.78, 5) is 14.5. The summed E-state index contributed by atoms with van der Waals surface area (Å²) in [5.41, 5.74) is 0. The van der Waals surface area contributed by atoms with Gasteiger partial charge in [-0.05, 0) is 32.1 Å². The SMILES string of the molecule is COCCN(CCOC)CCC1CCC(O)C(C(=O)NC2CC2)O1. The minimum Gasteiger partial charge on any atom is -0.390 e. The van der Waals surface area contributed by atoms with Crippen LogP contribution in [0.5, 0.6) is 0 Å². The molecule has 2 fully saturated rings. The van der Waals surface area contributed by atoms with Crippen molar-refractivity contribution in [1.29, 1.82) is 0 Å². The van der Waals surface area contributed by atoms with E-state index in [1.54, 1.807) is 14.2 Å². The van der Waals surface area contributed by atoms with Gasteiger partial charge in [-0.2, -0.15) is 0 Å². The van der Waals surface area contributed by atoms with Crippen LogP contribution in [0.15, 0.2) is 0 Å². The predicted octanol–water partition coefficient (Wildman–Crippen LogP) is 0.158. The lowest BCUT2D eigenvalue weighted by Crippen LogP contribution is -2.50. The van der Waals surface area contributed by atoms with Gasteiger partial charge in [-0.25, -0.2) is 0 Å². The molecular weight excluding hydrogens is 312 g/mol. The summed E-state index contributed by atoms with van der Waals surface area (Å²) in [6.07, 6.45) is 2.90. The summed E-state index contributed by atoms with van der Waals surface area (Å²) in [6.45, 7) is 3.92. The van der Waals surface area contributed by atoms with Gasteiger partial charge in [0.25, 0.3) is 5.91 Å². The van der Waals surface area contributed by atoms with Gasteiger partial charge in [-0.1, -0.05) is 0 Å². The van der Waals surface area contributed by atoms with Crippen LogP contribution in [0.4, 0.5) is 0 Å². The Bertz CT molecular complexity index is 370. The number of methoxy groups -OCH3 is 2. The summed E-state index contributed by atoms with van der Waals surface area (Å²) in [5, 5.41) is 13.0. The molecule has 3 atom stereocenters. The molecule has 7 heteroatoms. The Hall–Kier alpha value is -0.730. The summed E-state index contributed by atoms with van der Waals surface area (Å²) < 4.78 is 16.2. The Balaban J connectivity index is 1.76. The smallest absolute Gasteiger partial charge is 0.252 e. The fourth-order valence-electron chi connectivity index (χ4n) is 2.94. The molecule has 1 saturated carbocycles. The van der Waals surface area contributed by atoms with Gasteiger partial charge in [0.15, 0.2) is 6.10 Å². The lowest BCUT2D eigenvalue weighted by molar-refractivity contribution is -0.158. The van der Waals surface area contributed by atoms with Gasteiger partial charge in [0.2, 0.25) is 0 Å². The maximum Gasteiger partial charge on any atom is 0.252 e. The van der Waals surface area contributed by atoms with Gasteiger partial charge >= 0.3 is 0 Å². The van der Waals surface area contributed by atoms with Gasteiger partial charge in [-0.3, -0.25) is 9.69 Å². The van der Waals surface area contributed by atoms with Crippen molar-refractivity contribution in [3.05, 3.63) is 0 Å². The summed E-state index contributed by atoms with van der Waals surface area (Å²) in [5.74, 6) is -0.162. The largest absolute Gasteiger partial charge is 0.390 e. The highest BCUT2D eigenvalue weighted by molar-refractivity contribution is 5.82. The van der Waals surface area contributed by atoms with Crippen LogP contribution in [-0.2, 0) is 19.0 Å². The van der Waals surface area contributed by atoms with Crippen molar-refractivity contribution >= 4 is 5.91 Å². The lowest BCUT2D eigenvalue weighted by atomic mass is 9.98. The zero-order valence-electron chi connectivity index (χ0n) is 14.9. The Kier molecular flexibility index (Phi) is 8.41. The average Bonchev–Trinajstić information content (AvgIpc) is 3.39. The van der Waals surface area contributed by atoms with Crippen LogP contribution < -0.4 is 5.32 Å². The number of ether oxygens (including phenoxy) is 3. The molecule has 3 unspecified atom stereocenters. The van der Waals surface area contributed by atoms with E-state index in [0.717, 1.165) is 45.3 Å². The van der Waals surface area contributed by atoms with Crippen LogP contribution in [0.1, 0.15) is 32.1 Å². The highest BCUT2D eigenvalue weighted by Gasteiger charge is 2.37. The van der Waals surface area contributed by atoms with E-state index < -0.39 is 12.2 Å². The number of nitrogens with zero attached hydrogens (tertiary/aromatic N) is 1. The van der Waals surface area contributed by atoms with Crippen molar-refractivity contribution in [3.63, 3.8) is 0 Å². The van der Waals surface area contributed by atoms with Gasteiger partial charge < -0.3 is 24.6 Å². The molecule has 0 spiro atoms. The molecule has 0 radical (unpaired) electrons. The molecule has 1 aliphatic carbocycles. The Morgan fingerprint density at radius 3 is 2.38 bits per heavy atom. The van der Waals surface area contributed by atoms with Crippen molar-refractivity contribution in [2.75, 3.05) is 47.1 Å². The number of carbonyl (C=O) groups excluding carboxylic acids is 1. The molecular formula is C17H32N2O5. The highest BCUT2D eigenvalue weighted by atomic mass is 16.5. The standard InChI is InChI=1S/C17H32N2O5/c1-22-11-9-19(10-12-23-2)8-7-14-5-6-15(20)16(24-14)17(21)18-13-3-4-13/h13-16,20H,3-12H2,1-2H3,(H,18,21). The molecule has 1 saturated heterocycles. The first-order valence-corrected chi connectivity index (χ1v) is 8.98. The normalized spacial score (nSPS) is 27.4. The van der Waals surface area contributed by atoms with Crippen LogP contribution in [0.2, 0.25) is 0 Å². The minimum atomic E-state index is -0.726. The highest BCUT2D eigenvalue weighted by Crippen LogP contribution is 2.24. The number of aliphatic hydroxyl groups is 1. The minimum absolute atomic E-state index is 0.0101.